The second-order valence-electron chi connectivity index (χ2n) is 5.58. The lowest BCUT2D eigenvalue weighted by atomic mass is 10.1. The maximum absolute atomic E-state index is 13.4. The normalized spacial score (nSPS) is 15.9. The molecule has 0 N–H and O–H groups in total. The van der Waals surface area contributed by atoms with Crippen LogP contribution < -0.4 is 0 Å². The van der Waals surface area contributed by atoms with Gasteiger partial charge in [-0.05, 0) is 40.8 Å². The summed E-state index contributed by atoms with van der Waals surface area (Å²) in [6.07, 6.45) is 1.53. The van der Waals surface area contributed by atoms with Gasteiger partial charge in [-0.25, -0.2) is 0 Å². The van der Waals surface area contributed by atoms with Gasteiger partial charge in [0, 0.05) is 5.92 Å². The van der Waals surface area contributed by atoms with Gasteiger partial charge in [-0.1, -0.05) is 26.8 Å². The van der Waals surface area contributed by atoms with E-state index in [-0.39, 0.29) is 23.9 Å². The molecule has 0 unspecified atom stereocenters. The van der Waals surface area contributed by atoms with Crippen LogP contribution in [0, 0.1) is 5.92 Å². The zero-order valence-corrected chi connectivity index (χ0v) is 15.0. The molecule has 0 rings (SSSR count). The Kier molecular flexibility index (Phi) is 8.92. The molecule has 0 bridgehead atoms. The highest BCUT2D eigenvalue weighted by Crippen LogP contribution is 2.58. The molecule has 0 spiro atoms. The summed E-state index contributed by atoms with van der Waals surface area (Å²) in [5.41, 5.74) is 0. The second kappa shape index (κ2) is 8.99. The predicted octanol–water partition coefficient (Wildman–Crippen LogP) is 4.52. The molecule has 0 aromatic carbocycles. The van der Waals surface area contributed by atoms with Crippen LogP contribution in [0.4, 0.5) is 0 Å². The monoisotopic (exact) mass is 305 g/mol. The van der Waals surface area contributed by atoms with E-state index < -0.39 is 7.60 Å². The third-order valence-corrected chi connectivity index (χ3v) is 5.94. The van der Waals surface area contributed by atoms with Gasteiger partial charge in [-0.3, -0.25) is 9.46 Å². The zero-order valence-electron chi connectivity index (χ0n) is 14.1. The van der Waals surface area contributed by atoms with Crippen molar-refractivity contribution in [2.24, 2.45) is 5.92 Å². The summed E-state index contributed by atoms with van der Waals surface area (Å²) in [5, 5.41) is 0. The van der Waals surface area contributed by atoms with Gasteiger partial charge < -0.3 is 9.05 Å². The summed E-state index contributed by atoms with van der Waals surface area (Å²) in [6, 6.07) is 0. The van der Waals surface area contributed by atoms with E-state index >= 15 is 0 Å². The summed E-state index contributed by atoms with van der Waals surface area (Å²) < 4.78 is 24.9. The topological polar surface area (TPSA) is 38.8 Å². The second-order valence-corrected chi connectivity index (χ2v) is 7.61. The maximum Gasteiger partial charge on any atom is 0.348 e. The van der Waals surface area contributed by atoms with Gasteiger partial charge in [0.05, 0.1) is 12.2 Å². The fourth-order valence-electron chi connectivity index (χ4n) is 2.28. The van der Waals surface area contributed by atoms with Crippen LogP contribution in [0.1, 0.15) is 48.5 Å². The van der Waals surface area contributed by atoms with E-state index in [9.17, 15) is 4.57 Å². The molecule has 20 heavy (non-hydrogen) atoms. The molecule has 2 atom stereocenters. The standard InChI is InChI=1S/C15H32NO3P/c1-9-14(8)15(16(10-2)11-3)20(17,18-12(4)5)19-13(6)7/h9,12-15H,1,10-11H2,2-8H3/t14-,15+/m0/s1. The van der Waals surface area contributed by atoms with Gasteiger partial charge in [0.25, 0.3) is 0 Å². The van der Waals surface area contributed by atoms with Crippen LogP contribution in [0.3, 0.4) is 0 Å². The quantitative estimate of drug-likeness (QED) is 0.439. The average Bonchev–Trinajstić information content (AvgIpc) is 2.32. The van der Waals surface area contributed by atoms with Crippen molar-refractivity contribution in [3.63, 3.8) is 0 Å². The molecule has 0 aromatic rings. The van der Waals surface area contributed by atoms with Gasteiger partial charge >= 0.3 is 7.60 Å². The molecule has 0 heterocycles. The third-order valence-electron chi connectivity index (χ3n) is 3.07. The van der Waals surface area contributed by atoms with Gasteiger partial charge in [-0.15, -0.1) is 6.58 Å². The summed E-state index contributed by atoms with van der Waals surface area (Å²) in [4.78, 5) is 2.14. The van der Waals surface area contributed by atoms with Crippen LogP contribution in [-0.4, -0.2) is 36.0 Å². The molecule has 120 valence electrons. The minimum Gasteiger partial charge on any atom is -0.305 e. The minimum atomic E-state index is -3.25. The van der Waals surface area contributed by atoms with E-state index in [2.05, 4.69) is 25.3 Å². The molecule has 0 aliphatic rings. The van der Waals surface area contributed by atoms with Crippen molar-refractivity contribution in [1.82, 2.24) is 4.90 Å². The van der Waals surface area contributed by atoms with Gasteiger partial charge in [0.15, 0.2) is 0 Å². The average molecular weight is 305 g/mol. The first-order chi connectivity index (χ1) is 9.21. The molecular weight excluding hydrogens is 273 g/mol. The smallest absolute Gasteiger partial charge is 0.305 e. The van der Waals surface area contributed by atoms with E-state index in [1.165, 1.54) is 0 Å². The van der Waals surface area contributed by atoms with Crippen LogP contribution in [0.5, 0.6) is 0 Å². The Hall–Kier alpha value is -0.150. The Bertz CT molecular complexity index is 313. The number of hydrogen-bond donors (Lipinski definition) is 0. The highest BCUT2D eigenvalue weighted by molar-refractivity contribution is 7.54. The van der Waals surface area contributed by atoms with Crippen molar-refractivity contribution < 1.29 is 13.6 Å². The predicted molar refractivity (Wildman–Crippen MR) is 86.1 cm³/mol. The first-order valence-corrected chi connectivity index (χ1v) is 9.16. The van der Waals surface area contributed by atoms with Crippen molar-refractivity contribution in [2.45, 2.75) is 66.5 Å². The molecule has 0 aliphatic heterocycles. The van der Waals surface area contributed by atoms with Crippen LogP contribution in [0.2, 0.25) is 0 Å². The fourth-order valence-corrected chi connectivity index (χ4v) is 5.18. The first-order valence-electron chi connectivity index (χ1n) is 7.54. The van der Waals surface area contributed by atoms with E-state index in [4.69, 9.17) is 9.05 Å². The summed E-state index contributed by atoms with van der Waals surface area (Å²) in [5.74, 6) is -0.266. The Morgan fingerprint density at radius 2 is 1.45 bits per heavy atom. The van der Waals surface area contributed by atoms with Crippen LogP contribution in [-0.2, 0) is 13.6 Å². The highest BCUT2D eigenvalue weighted by atomic mass is 31.2. The highest BCUT2D eigenvalue weighted by Gasteiger charge is 2.43. The van der Waals surface area contributed by atoms with Crippen LogP contribution in [0.25, 0.3) is 0 Å². The molecule has 0 aliphatic carbocycles. The molecular formula is C15H32NO3P. The van der Waals surface area contributed by atoms with E-state index in [0.717, 1.165) is 13.1 Å². The minimum absolute atomic E-state index is 0.0261. The van der Waals surface area contributed by atoms with Crippen molar-refractivity contribution in [2.75, 3.05) is 13.1 Å². The van der Waals surface area contributed by atoms with Crippen molar-refractivity contribution in [1.29, 1.82) is 0 Å². The third kappa shape index (κ3) is 5.69. The molecule has 4 nitrogen and oxygen atoms in total. The van der Waals surface area contributed by atoms with Crippen LogP contribution in [0.15, 0.2) is 12.7 Å². The van der Waals surface area contributed by atoms with Gasteiger partial charge in [0.1, 0.15) is 5.78 Å². The van der Waals surface area contributed by atoms with Gasteiger partial charge in [-0.2, -0.15) is 0 Å². The SMILES string of the molecule is C=C[C@H](C)[C@H](N(CC)CC)P(=O)(OC(C)C)OC(C)C. The summed E-state index contributed by atoms with van der Waals surface area (Å²) >= 11 is 0. The molecule has 0 radical (unpaired) electrons. The Labute approximate surface area is 125 Å². The number of hydrogen-bond acceptors (Lipinski definition) is 4. The molecule has 0 saturated carbocycles. The number of rotatable bonds is 10. The maximum atomic E-state index is 13.4. The van der Waals surface area contributed by atoms with Crippen LogP contribution >= 0.6 is 7.60 Å². The van der Waals surface area contributed by atoms with Crippen molar-refractivity contribution >= 4 is 7.60 Å². The van der Waals surface area contributed by atoms with E-state index in [1.54, 1.807) is 0 Å². The van der Waals surface area contributed by atoms with E-state index in [1.807, 2.05) is 40.7 Å². The largest absolute Gasteiger partial charge is 0.348 e. The fraction of sp³-hybridized carbons (Fsp3) is 0.867. The first kappa shape index (κ1) is 19.9. The summed E-state index contributed by atoms with van der Waals surface area (Å²) in [7, 11) is -3.25. The summed E-state index contributed by atoms with van der Waals surface area (Å²) in [6.45, 7) is 19.1. The molecule has 0 saturated heterocycles. The lowest BCUT2D eigenvalue weighted by molar-refractivity contribution is 0.106. The molecule has 0 amide bonds. The molecule has 0 fully saturated rings. The molecule has 5 heteroatoms. The molecule has 0 aromatic heterocycles. The van der Waals surface area contributed by atoms with Crippen molar-refractivity contribution in [3.05, 3.63) is 12.7 Å². The Morgan fingerprint density at radius 1 is 1.05 bits per heavy atom. The van der Waals surface area contributed by atoms with E-state index in [0.29, 0.717) is 0 Å². The lowest BCUT2D eigenvalue weighted by Gasteiger charge is -2.38. The van der Waals surface area contributed by atoms with Gasteiger partial charge in [0.2, 0.25) is 0 Å². The Morgan fingerprint density at radius 3 is 1.70 bits per heavy atom. The lowest BCUT2D eigenvalue weighted by Crippen LogP contribution is -2.40. The Balaban J connectivity index is 5.60. The number of nitrogens with zero attached hydrogens (tertiary/aromatic N) is 1. The zero-order chi connectivity index (χ0) is 15.9. The van der Waals surface area contributed by atoms with Crippen molar-refractivity contribution in [3.8, 4) is 0 Å².